The van der Waals surface area contributed by atoms with Crippen LogP contribution in [0.3, 0.4) is 0 Å². The molecule has 0 aliphatic carbocycles. The molecule has 2 rings (SSSR count). The lowest BCUT2D eigenvalue weighted by molar-refractivity contribution is -0.139. The van der Waals surface area contributed by atoms with E-state index in [1.54, 1.807) is 12.1 Å². The zero-order valence-electron chi connectivity index (χ0n) is 13.7. The maximum Gasteiger partial charge on any atom is 0.341 e. The molecule has 2 unspecified atom stereocenters. The van der Waals surface area contributed by atoms with Gasteiger partial charge in [0.15, 0.2) is 6.61 Å². The molecule has 0 aliphatic heterocycles. The molecule has 0 fully saturated rings. The number of nitrogens with one attached hydrogen (secondary N) is 1. The Morgan fingerprint density at radius 2 is 1.62 bits per heavy atom. The summed E-state index contributed by atoms with van der Waals surface area (Å²) < 4.78 is 5.09. The number of carbonyl (C=O) groups is 2. The maximum atomic E-state index is 12.4. The molecule has 126 valence electrons. The van der Waals surface area contributed by atoms with Crippen LogP contribution in [0, 0.1) is 0 Å². The predicted molar refractivity (Wildman–Crippen MR) is 91.0 cm³/mol. The molecule has 5 heteroatoms. The summed E-state index contributed by atoms with van der Waals surface area (Å²) in [6, 6.07) is 16.5. The first kappa shape index (κ1) is 17.5. The largest absolute Gasteiger partial charge is 0.482 e. The number of hydrogen-bond acceptors (Lipinski definition) is 3. The summed E-state index contributed by atoms with van der Waals surface area (Å²) in [6.07, 6.45) is 0. The molecule has 0 saturated carbocycles. The smallest absolute Gasteiger partial charge is 0.341 e. The fourth-order valence-corrected chi connectivity index (χ4v) is 2.31. The van der Waals surface area contributed by atoms with Crippen LogP contribution in [-0.2, 0) is 9.59 Å². The van der Waals surface area contributed by atoms with Crippen molar-refractivity contribution in [3.8, 4) is 5.75 Å². The molecule has 0 spiro atoms. The van der Waals surface area contributed by atoms with Crippen LogP contribution >= 0.6 is 0 Å². The van der Waals surface area contributed by atoms with Crippen molar-refractivity contribution in [2.24, 2.45) is 0 Å². The summed E-state index contributed by atoms with van der Waals surface area (Å²) >= 11 is 0. The highest BCUT2D eigenvalue weighted by molar-refractivity contribution is 5.83. The Kier molecular flexibility index (Phi) is 5.95. The fraction of sp³-hybridized carbons (Fsp3) is 0.263. The van der Waals surface area contributed by atoms with E-state index in [2.05, 4.69) is 5.32 Å². The van der Waals surface area contributed by atoms with E-state index < -0.39 is 5.97 Å². The van der Waals surface area contributed by atoms with Crippen molar-refractivity contribution >= 4 is 11.9 Å². The lowest BCUT2D eigenvalue weighted by atomic mass is 9.99. The van der Waals surface area contributed by atoms with Gasteiger partial charge in [-0.1, -0.05) is 42.5 Å². The van der Waals surface area contributed by atoms with Gasteiger partial charge < -0.3 is 15.2 Å². The van der Waals surface area contributed by atoms with Crippen molar-refractivity contribution in [3.05, 3.63) is 65.7 Å². The molecule has 0 aromatic heterocycles. The zero-order chi connectivity index (χ0) is 17.5. The number of ether oxygens (including phenoxy) is 1. The first-order valence-corrected chi connectivity index (χ1v) is 7.77. The molecule has 1 amide bonds. The molecule has 24 heavy (non-hydrogen) atoms. The minimum atomic E-state index is -1.02. The van der Waals surface area contributed by atoms with Crippen LogP contribution in [0.5, 0.6) is 5.75 Å². The van der Waals surface area contributed by atoms with Crippen molar-refractivity contribution in [2.75, 3.05) is 6.61 Å². The number of carbonyl (C=O) groups excluding carboxylic acids is 1. The van der Waals surface area contributed by atoms with Gasteiger partial charge in [0.2, 0.25) is 5.91 Å². The highest BCUT2D eigenvalue weighted by Gasteiger charge is 2.17. The van der Waals surface area contributed by atoms with Gasteiger partial charge in [-0.25, -0.2) is 4.79 Å². The molecule has 2 aromatic rings. The van der Waals surface area contributed by atoms with Crippen molar-refractivity contribution in [2.45, 2.75) is 25.8 Å². The van der Waals surface area contributed by atoms with E-state index >= 15 is 0 Å². The Morgan fingerprint density at radius 1 is 1.00 bits per heavy atom. The standard InChI is InChI=1S/C19H21NO4/c1-13(15-6-4-3-5-7-15)19(23)20-14(2)16-8-10-17(11-9-16)24-12-18(21)22/h3-11,13-14H,12H2,1-2H3,(H,20,23)(H,21,22). The lowest BCUT2D eigenvalue weighted by Gasteiger charge is -2.18. The quantitative estimate of drug-likeness (QED) is 0.819. The van der Waals surface area contributed by atoms with E-state index in [0.29, 0.717) is 5.75 Å². The minimum Gasteiger partial charge on any atom is -0.482 e. The summed E-state index contributed by atoms with van der Waals surface area (Å²) in [5.74, 6) is -0.807. The van der Waals surface area contributed by atoms with Gasteiger partial charge in [-0.2, -0.15) is 0 Å². The van der Waals surface area contributed by atoms with Crippen LogP contribution in [0.25, 0.3) is 0 Å². The third-order valence-corrected chi connectivity index (χ3v) is 3.79. The van der Waals surface area contributed by atoms with Crippen molar-refractivity contribution in [3.63, 3.8) is 0 Å². The molecule has 0 radical (unpaired) electrons. The number of carboxylic acid groups (broad SMARTS) is 1. The summed E-state index contributed by atoms with van der Waals surface area (Å²) in [4.78, 5) is 22.8. The van der Waals surface area contributed by atoms with Gasteiger partial charge in [0, 0.05) is 0 Å². The van der Waals surface area contributed by atoms with Crippen molar-refractivity contribution in [1.29, 1.82) is 0 Å². The van der Waals surface area contributed by atoms with Crippen LogP contribution in [-0.4, -0.2) is 23.6 Å². The number of benzene rings is 2. The van der Waals surface area contributed by atoms with E-state index in [1.165, 1.54) is 0 Å². The molecular formula is C19H21NO4. The van der Waals surface area contributed by atoms with Crippen LogP contribution < -0.4 is 10.1 Å². The number of aliphatic carboxylic acids is 1. The lowest BCUT2D eigenvalue weighted by Crippen LogP contribution is -2.30. The van der Waals surface area contributed by atoms with Crippen LogP contribution in [0.2, 0.25) is 0 Å². The molecule has 0 bridgehead atoms. The summed E-state index contributed by atoms with van der Waals surface area (Å²) in [6.45, 7) is 3.41. The van der Waals surface area contributed by atoms with Crippen LogP contribution in [0.4, 0.5) is 0 Å². The summed E-state index contributed by atoms with van der Waals surface area (Å²) in [7, 11) is 0. The zero-order valence-corrected chi connectivity index (χ0v) is 13.7. The van der Waals surface area contributed by atoms with E-state index in [4.69, 9.17) is 9.84 Å². The Labute approximate surface area is 141 Å². The molecule has 2 N–H and O–H groups in total. The topological polar surface area (TPSA) is 75.6 Å². The van der Waals surface area contributed by atoms with Crippen molar-refractivity contribution in [1.82, 2.24) is 5.32 Å². The van der Waals surface area contributed by atoms with Gasteiger partial charge in [-0.15, -0.1) is 0 Å². The second-order valence-electron chi connectivity index (χ2n) is 5.61. The van der Waals surface area contributed by atoms with Crippen molar-refractivity contribution < 1.29 is 19.4 Å². The molecule has 2 aromatic carbocycles. The number of amides is 1. The predicted octanol–water partition coefficient (Wildman–Crippen LogP) is 3.13. The first-order valence-electron chi connectivity index (χ1n) is 7.77. The molecule has 0 saturated heterocycles. The van der Waals surface area contributed by atoms with Gasteiger partial charge in [-0.05, 0) is 37.1 Å². The second kappa shape index (κ2) is 8.15. The Hall–Kier alpha value is -2.82. The molecule has 2 atom stereocenters. The van der Waals surface area contributed by atoms with E-state index in [1.807, 2.05) is 56.3 Å². The Balaban J connectivity index is 1.95. The number of hydrogen-bond donors (Lipinski definition) is 2. The second-order valence-corrected chi connectivity index (χ2v) is 5.61. The normalized spacial score (nSPS) is 12.9. The van der Waals surface area contributed by atoms with E-state index in [0.717, 1.165) is 11.1 Å². The minimum absolute atomic E-state index is 0.0418. The average Bonchev–Trinajstić information content (AvgIpc) is 2.60. The van der Waals surface area contributed by atoms with E-state index in [-0.39, 0.29) is 24.5 Å². The van der Waals surface area contributed by atoms with E-state index in [9.17, 15) is 9.59 Å². The monoisotopic (exact) mass is 327 g/mol. The van der Waals surface area contributed by atoms with Gasteiger partial charge >= 0.3 is 5.97 Å². The Bertz CT molecular complexity index is 682. The van der Waals surface area contributed by atoms with Crippen LogP contribution in [0.15, 0.2) is 54.6 Å². The first-order chi connectivity index (χ1) is 11.5. The highest BCUT2D eigenvalue weighted by atomic mass is 16.5. The van der Waals surface area contributed by atoms with Gasteiger partial charge in [0.05, 0.1) is 12.0 Å². The average molecular weight is 327 g/mol. The molecule has 0 heterocycles. The summed E-state index contributed by atoms with van der Waals surface area (Å²) in [5, 5.41) is 11.6. The Morgan fingerprint density at radius 3 is 2.21 bits per heavy atom. The third-order valence-electron chi connectivity index (χ3n) is 3.79. The molecular weight excluding hydrogens is 306 g/mol. The summed E-state index contributed by atoms with van der Waals surface area (Å²) in [5.41, 5.74) is 1.89. The van der Waals surface area contributed by atoms with Gasteiger partial charge in [-0.3, -0.25) is 4.79 Å². The number of rotatable bonds is 7. The fourth-order valence-electron chi connectivity index (χ4n) is 2.31. The molecule has 5 nitrogen and oxygen atoms in total. The van der Waals surface area contributed by atoms with Crippen LogP contribution in [0.1, 0.15) is 36.9 Å². The maximum absolute atomic E-state index is 12.4. The highest BCUT2D eigenvalue weighted by Crippen LogP contribution is 2.20. The third kappa shape index (κ3) is 4.84. The molecule has 0 aliphatic rings. The number of carboxylic acids is 1. The van der Waals surface area contributed by atoms with Gasteiger partial charge in [0.25, 0.3) is 0 Å². The van der Waals surface area contributed by atoms with Gasteiger partial charge in [0.1, 0.15) is 5.75 Å². The SMILES string of the molecule is CC(NC(=O)C(C)c1ccccc1)c1ccc(OCC(=O)O)cc1.